The van der Waals surface area contributed by atoms with Gasteiger partial charge in [0.2, 0.25) is 0 Å². The Kier molecular flexibility index (Phi) is 32.6. The molecule has 0 aromatic carbocycles. The summed E-state index contributed by atoms with van der Waals surface area (Å²) in [5.41, 5.74) is 5.31. The Morgan fingerprint density at radius 3 is 1.29 bits per heavy atom. The van der Waals surface area contributed by atoms with Crippen molar-refractivity contribution in [1.82, 2.24) is 0 Å². The molecule has 0 spiro atoms. The van der Waals surface area contributed by atoms with E-state index in [4.69, 9.17) is 24.8 Å². The van der Waals surface area contributed by atoms with Gasteiger partial charge in [-0.25, -0.2) is 4.57 Å². The van der Waals surface area contributed by atoms with Gasteiger partial charge in [-0.3, -0.25) is 23.4 Å². The molecule has 0 saturated heterocycles. The summed E-state index contributed by atoms with van der Waals surface area (Å²) in [6, 6.07) is -1.51. The summed E-state index contributed by atoms with van der Waals surface area (Å²) in [6.07, 6.45) is 28.9. The van der Waals surface area contributed by atoms with Gasteiger partial charge in [-0.05, 0) is 12.8 Å². The zero-order valence-corrected chi connectivity index (χ0v) is 31.9. The number of aliphatic carboxylic acids is 1. The van der Waals surface area contributed by atoms with Crippen LogP contribution >= 0.6 is 7.82 Å². The van der Waals surface area contributed by atoms with Gasteiger partial charge in [-0.15, -0.1) is 0 Å². The maximum Gasteiger partial charge on any atom is 0.472 e. The third-order valence-corrected chi connectivity index (χ3v) is 9.56. The van der Waals surface area contributed by atoms with Gasteiger partial charge in [0.05, 0.1) is 13.2 Å². The number of nitrogens with two attached hydrogens (primary N) is 1. The average Bonchev–Trinajstić information content (AvgIpc) is 3.07. The second-order valence-corrected chi connectivity index (χ2v) is 14.9. The molecule has 3 atom stereocenters. The first kappa shape index (κ1) is 47.5. The van der Waals surface area contributed by atoms with Crippen molar-refractivity contribution in [2.45, 2.75) is 199 Å². The number of carboxylic acid groups (broad SMARTS) is 1. The first-order valence-corrected chi connectivity index (χ1v) is 21.1. The number of esters is 2. The lowest BCUT2D eigenvalue weighted by Crippen LogP contribution is -2.34. The lowest BCUT2D eigenvalue weighted by molar-refractivity contribution is -0.161. The molecule has 0 radical (unpaired) electrons. The number of hydrogen-bond acceptors (Lipinski definition) is 9. The molecule has 12 heteroatoms. The molecular weight excluding hydrogens is 649 g/mol. The molecule has 0 saturated carbocycles. The lowest BCUT2D eigenvalue weighted by Gasteiger charge is -2.20. The fourth-order valence-corrected chi connectivity index (χ4v) is 6.26. The van der Waals surface area contributed by atoms with Crippen LogP contribution in [0.1, 0.15) is 187 Å². The van der Waals surface area contributed by atoms with Crippen LogP contribution in [0.15, 0.2) is 0 Å². The van der Waals surface area contributed by atoms with E-state index < -0.39 is 51.1 Å². The summed E-state index contributed by atoms with van der Waals surface area (Å²) in [6.45, 7) is 2.79. The normalized spacial score (nSPS) is 13.9. The molecule has 4 N–H and O–H groups in total. The van der Waals surface area contributed by atoms with E-state index in [1.54, 1.807) is 0 Å². The maximum absolute atomic E-state index is 12.5. The zero-order valence-electron chi connectivity index (χ0n) is 31.1. The van der Waals surface area contributed by atoms with Gasteiger partial charge < -0.3 is 25.2 Å². The largest absolute Gasteiger partial charge is 0.480 e. The summed E-state index contributed by atoms with van der Waals surface area (Å²) < 4.78 is 32.5. The van der Waals surface area contributed by atoms with Crippen LogP contribution in [0.3, 0.4) is 0 Å². The van der Waals surface area contributed by atoms with Gasteiger partial charge in [-0.1, -0.05) is 162 Å². The van der Waals surface area contributed by atoms with Gasteiger partial charge in [0.15, 0.2) is 6.10 Å². The number of carbonyl (C=O) groups excluding carboxylic acids is 2. The molecule has 49 heavy (non-hydrogen) atoms. The van der Waals surface area contributed by atoms with Gasteiger partial charge in [0.25, 0.3) is 0 Å². The molecule has 0 aromatic rings. The van der Waals surface area contributed by atoms with Gasteiger partial charge >= 0.3 is 25.7 Å². The minimum Gasteiger partial charge on any atom is -0.480 e. The van der Waals surface area contributed by atoms with Crippen molar-refractivity contribution in [3.8, 4) is 0 Å². The first-order chi connectivity index (χ1) is 23.6. The number of phosphoric ester groups is 1. The summed E-state index contributed by atoms with van der Waals surface area (Å²) >= 11 is 0. The Hall–Kier alpha value is -1.52. The third kappa shape index (κ3) is 33.4. The summed E-state index contributed by atoms with van der Waals surface area (Å²) in [5, 5.41) is 8.85. The standard InChI is InChI=1S/C37H72NO10P/c1-3-5-7-9-11-13-15-16-17-18-19-21-22-24-26-28-35(39)45-30-33(31-46-49(43,44)47-32-34(38)37(41)42)48-36(40)29-27-25-23-20-14-12-10-8-6-4-2/h33-34H,3-32,38H2,1-2H3,(H,41,42)(H,43,44)/t33-,34+/m1/s1. The van der Waals surface area contributed by atoms with Gasteiger partial charge in [-0.2, -0.15) is 0 Å². The molecule has 0 rings (SSSR count). The first-order valence-electron chi connectivity index (χ1n) is 19.6. The number of hydrogen-bond donors (Lipinski definition) is 3. The SMILES string of the molecule is CCCCCCCCCCCCCCCCCC(=O)OC[C@H](COP(=O)(O)OC[C@H](N)C(=O)O)OC(=O)CCCCCCCCCCCC. The minimum absolute atomic E-state index is 0.167. The van der Waals surface area contributed by atoms with E-state index in [-0.39, 0.29) is 19.4 Å². The highest BCUT2D eigenvalue weighted by Crippen LogP contribution is 2.43. The van der Waals surface area contributed by atoms with E-state index in [9.17, 15) is 23.8 Å². The molecule has 0 aliphatic rings. The molecule has 0 aliphatic carbocycles. The highest BCUT2D eigenvalue weighted by molar-refractivity contribution is 7.47. The van der Waals surface area contributed by atoms with Crippen LogP contribution in [0.5, 0.6) is 0 Å². The van der Waals surface area contributed by atoms with Crippen LogP contribution in [-0.2, 0) is 37.5 Å². The minimum atomic E-state index is -4.70. The predicted octanol–water partition coefficient (Wildman–Crippen LogP) is 9.56. The van der Waals surface area contributed by atoms with Crippen molar-refractivity contribution in [1.29, 1.82) is 0 Å². The zero-order chi connectivity index (χ0) is 36.4. The fraction of sp³-hybridized carbons (Fsp3) is 0.919. The Labute approximate surface area is 297 Å². The number of phosphoric acid groups is 1. The quantitative estimate of drug-likeness (QED) is 0.0317. The smallest absolute Gasteiger partial charge is 0.472 e. The lowest BCUT2D eigenvalue weighted by atomic mass is 10.0. The van der Waals surface area contributed by atoms with Crippen molar-refractivity contribution >= 4 is 25.7 Å². The predicted molar refractivity (Wildman–Crippen MR) is 194 cm³/mol. The summed E-state index contributed by atoms with van der Waals surface area (Å²) in [4.78, 5) is 45.7. The molecular formula is C37H72NO10P. The fourth-order valence-electron chi connectivity index (χ4n) is 5.48. The van der Waals surface area contributed by atoms with Crippen LogP contribution < -0.4 is 5.73 Å². The van der Waals surface area contributed by atoms with Crippen molar-refractivity contribution in [2.75, 3.05) is 19.8 Å². The van der Waals surface area contributed by atoms with Crippen LogP contribution in [0.25, 0.3) is 0 Å². The molecule has 11 nitrogen and oxygen atoms in total. The number of carboxylic acids is 1. The van der Waals surface area contributed by atoms with Crippen LogP contribution in [-0.4, -0.2) is 59.9 Å². The summed E-state index contributed by atoms with van der Waals surface area (Å²) in [7, 11) is -4.70. The third-order valence-electron chi connectivity index (χ3n) is 8.61. The second-order valence-electron chi connectivity index (χ2n) is 13.4. The average molecular weight is 722 g/mol. The summed E-state index contributed by atoms with van der Waals surface area (Å²) in [5.74, 6) is -2.37. The molecule has 0 amide bonds. The number of unbranched alkanes of at least 4 members (excludes halogenated alkanes) is 23. The van der Waals surface area contributed by atoms with Gasteiger partial charge in [0, 0.05) is 12.8 Å². The molecule has 0 bridgehead atoms. The van der Waals surface area contributed by atoms with Gasteiger partial charge in [0.1, 0.15) is 12.6 Å². The van der Waals surface area contributed by atoms with Crippen molar-refractivity contribution in [3.05, 3.63) is 0 Å². The van der Waals surface area contributed by atoms with E-state index in [1.807, 2.05) is 0 Å². The second kappa shape index (κ2) is 33.6. The van der Waals surface area contributed by atoms with E-state index >= 15 is 0 Å². The maximum atomic E-state index is 12.5. The van der Waals surface area contributed by atoms with Crippen LogP contribution in [0, 0.1) is 0 Å². The Bertz CT molecular complexity index is 859. The Balaban J connectivity index is 4.36. The van der Waals surface area contributed by atoms with Crippen molar-refractivity contribution < 1.29 is 47.5 Å². The highest BCUT2D eigenvalue weighted by atomic mass is 31.2. The molecule has 1 unspecified atom stereocenters. The number of rotatable bonds is 37. The van der Waals surface area contributed by atoms with E-state index in [0.29, 0.717) is 12.8 Å². The van der Waals surface area contributed by atoms with Crippen LogP contribution in [0.4, 0.5) is 0 Å². The van der Waals surface area contributed by atoms with E-state index in [0.717, 1.165) is 38.5 Å². The Morgan fingerprint density at radius 1 is 0.551 bits per heavy atom. The van der Waals surface area contributed by atoms with E-state index in [1.165, 1.54) is 109 Å². The van der Waals surface area contributed by atoms with Crippen molar-refractivity contribution in [2.24, 2.45) is 5.73 Å². The highest BCUT2D eigenvalue weighted by Gasteiger charge is 2.28. The Morgan fingerprint density at radius 2 is 0.898 bits per heavy atom. The van der Waals surface area contributed by atoms with E-state index in [2.05, 4.69) is 18.4 Å². The monoisotopic (exact) mass is 721 g/mol. The molecule has 0 aliphatic heterocycles. The molecule has 0 aromatic heterocycles. The molecule has 0 fully saturated rings. The number of ether oxygens (including phenoxy) is 2. The number of carbonyl (C=O) groups is 3. The molecule has 0 heterocycles. The molecule has 290 valence electrons. The topological polar surface area (TPSA) is 172 Å². The van der Waals surface area contributed by atoms with Crippen LogP contribution in [0.2, 0.25) is 0 Å². The van der Waals surface area contributed by atoms with Crippen molar-refractivity contribution in [3.63, 3.8) is 0 Å².